The Morgan fingerprint density at radius 1 is 1.42 bits per heavy atom. The molecule has 0 aromatic heterocycles. The van der Waals surface area contributed by atoms with Crippen LogP contribution < -0.4 is 4.74 Å². The largest absolute Gasteiger partial charge is 0.490 e. The lowest BCUT2D eigenvalue weighted by atomic mass is 10.3. The van der Waals surface area contributed by atoms with Crippen molar-refractivity contribution >= 4 is 29.1 Å². The average Bonchev–Trinajstić information content (AvgIpc) is 2.39. The third-order valence-electron chi connectivity index (χ3n) is 2.47. The molecule has 0 aliphatic carbocycles. The van der Waals surface area contributed by atoms with Crippen molar-refractivity contribution in [3.63, 3.8) is 0 Å². The fourth-order valence-corrected chi connectivity index (χ4v) is 1.90. The number of para-hydroxylation sites is 1. The molecular formula is C13H14Cl2N2O2. The number of hydrogen-bond acceptors (Lipinski definition) is 3. The highest BCUT2D eigenvalue weighted by Crippen LogP contribution is 2.32. The molecule has 0 N–H and O–H groups in total. The molecule has 0 saturated carbocycles. The molecule has 0 bridgehead atoms. The molecule has 19 heavy (non-hydrogen) atoms. The van der Waals surface area contributed by atoms with Gasteiger partial charge in [-0.3, -0.25) is 4.79 Å². The number of amides is 1. The Morgan fingerprint density at radius 3 is 2.63 bits per heavy atom. The summed E-state index contributed by atoms with van der Waals surface area (Å²) >= 11 is 11.9. The monoisotopic (exact) mass is 300 g/mol. The first-order chi connectivity index (χ1) is 9.06. The molecule has 0 heterocycles. The summed E-state index contributed by atoms with van der Waals surface area (Å²) in [5.74, 6) is 0.303. The summed E-state index contributed by atoms with van der Waals surface area (Å²) < 4.78 is 5.42. The molecule has 0 radical (unpaired) electrons. The van der Waals surface area contributed by atoms with Crippen LogP contribution in [0.25, 0.3) is 0 Å². The Bertz CT molecular complexity index is 466. The second-order valence-electron chi connectivity index (χ2n) is 3.87. The van der Waals surface area contributed by atoms with Gasteiger partial charge in [0.05, 0.1) is 35.6 Å². The van der Waals surface area contributed by atoms with Gasteiger partial charge in [0.2, 0.25) is 5.91 Å². The Kier molecular flexibility index (Phi) is 6.48. The van der Waals surface area contributed by atoms with Gasteiger partial charge < -0.3 is 9.64 Å². The van der Waals surface area contributed by atoms with Crippen molar-refractivity contribution in [2.45, 2.75) is 12.8 Å². The number of hydrogen-bond donors (Lipinski definition) is 0. The van der Waals surface area contributed by atoms with Gasteiger partial charge in [-0.05, 0) is 12.1 Å². The summed E-state index contributed by atoms with van der Waals surface area (Å²) in [5, 5.41) is 9.27. The quantitative estimate of drug-likeness (QED) is 0.811. The fraction of sp³-hybridized carbons (Fsp3) is 0.385. The maximum absolute atomic E-state index is 11.7. The van der Waals surface area contributed by atoms with Gasteiger partial charge in [0, 0.05) is 13.6 Å². The summed E-state index contributed by atoms with van der Waals surface area (Å²) in [5.41, 5.74) is 0. The maximum Gasteiger partial charge on any atom is 0.225 e. The molecule has 0 aliphatic heterocycles. The number of halogens is 2. The molecule has 0 saturated heterocycles. The molecule has 1 rings (SSSR count). The average molecular weight is 301 g/mol. The summed E-state index contributed by atoms with van der Waals surface area (Å²) in [6, 6.07) is 7.05. The molecule has 1 aromatic rings. The lowest BCUT2D eigenvalue weighted by Crippen LogP contribution is -2.28. The molecular weight excluding hydrogens is 287 g/mol. The minimum atomic E-state index is -0.0848. The second-order valence-corrected chi connectivity index (χ2v) is 4.69. The van der Waals surface area contributed by atoms with Gasteiger partial charge in [-0.2, -0.15) is 5.26 Å². The van der Waals surface area contributed by atoms with E-state index < -0.39 is 0 Å². The molecule has 6 heteroatoms. The number of nitrogens with zero attached hydrogens (tertiary/aromatic N) is 2. The van der Waals surface area contributed by atoms with Crippen molar-refractivity contribution in [2.24, 2.45) is 0 Å². The van der Waals surface area contributed by atoms with E-state index in [1.54, 1.807) is 25.2 Å². The number of rotatable bonds is 6. The van der Waals surface area contributed by atoms with Crippen molar-refractivity contribution < 1.29 is 9.53 Å². The summed E-state index contributed by atoms with van der Waals surface area (Å²) in [4.78, 5) is 13.2. The number of carbonyl (C=O) groups excluding carboxylic acids is 1. The molecule has 102 valence electrons. The van der Waals surface area contributed by atoms with E-state index in [4.69, 9.17) is 33.2 Å². The Hall–Kier alpha value is -1.44. The predicted molar refractivity (Wildman–Crippen MR) is 74.4 cm³/mol. The van der Waals surface area contributed by atoms with Crippen LogP contribution in [0, 0.1) is 11.3 Å². The SMILES string of the molecule is CN(CCC#N)C(=O)CCOc1c(Cl)cccc1Cl. The van der Waals surface area contributed by atoms with E-state index in [2.05, 4.69) is 0 Å². The highest BCUT2D eigenvalue weighted by Gasteiger charge is 2.10. The van der Waals surface area contributed by atoms with E-state index in [1.807, 2.05) is 6.07 Å². The van der Waals surface area contributed by atoms with E-state index >= 15 is 0 Å². The predicted octanol–water partition coefficient (Wildman–Crippen LogP) is 3.13. The molecule has 0 aliphatic rings. The van der Waals surface area contributed by atoms with Gasteiger partial charge in [0.25, 0.3) is 0 Å². The summed E-state index contributed by atoms with van der Waals surface area (Å²) in [6.45, 7) is 0.612. The topological polar surface area (TPSA) is 53.3 Å². The van der Waals surface area contributed by atoms with Gasteiger partial charge in [-0.25, -0.2) is 0 Å². The highest BCUT2D eigenvalue weighted by atomic mass is 35.5. The van der Waals surface area contributed by atoms with Crippen LogP contribution in [0.3, 0.4) is 0 Å². The first-order valence-corrected chi connectivity index (χ1v) is 6.49. The van der Waals surface area contributed by atoms with Gasteiger partial charge in [-0.1, -0.05) is 29.3 Å². The fourth-order valence-electron chi connectivity index (χ4n) is 1.39. The number of nitriles is 1. The standard InChI is InChI=1S/C13H14Cl2N2O2/c1-17(8-3-7-16)12(18)6-9-19-13-10(14)4-2-5-11(13)15/h2,4-5H,3,6,8-9H2,1H3. The van der Waals surface area contributed by atoms with Gasteiger partial charge in [-0.15, -0.1) is 0 Å². The van der Waals surface area contributed by atoms with E-state index in [-0.39, 0.29) is 18.9 Å². The lowest BCUT2D eigenvalue weighted by molar-refractivity contribution is -0.130. The minimum absolute atomic E-state index is 0.0848. The van der Waals surface area contributed by atoms with Crippen LogP contribution in [-0.2, 0) is 4.79 Å². The van der Waals surface area contributed by atoms with Crippen LogP contribution >= 0.6 is 23.2 Å². The van der Waals surface area contributed by atoms with Crippen LogP contribution in [0.15, 0.2) is 18.2 Å². The van der Waals surface area contributed by atoms with Crippen molar-refractivity contribution in [3.05, 3.63) is 28.2 Å². The minimum Gasteiger partial charge on any atom is -0.490 e. The first kappa shape index (κ1) is 15.6. The van der Waals surface area contributed by atoms with Gasteiger partial charge in [0.15, 0.2) is 5.75 Å². The normalized spacial score (nSPS) is 9.79. The molecule has 4 nitrogen and oxygen atoms in total. The summed E-state index contributed by atoms with van der Waals surface area (Å²) in [6.07, 6.45) is 0.531. The Balaban J connectivity index is 2.42. The molecule has 0 spiro atoms. The Labute approximate surface area is 122 Å². The van der Waals surface area contributed by atoms with Crippen LogP contribution in [0.2, 0.25) is 10.0 Å². The van der Waals surface area contributed by atoms with Crippen molar-refractivity contribution in [1.29, 1.82) is 5.26 Å². The Morgan fingerprint density at radius 2 is 2.05 bits per heavy atom. The number of carbonyl (C=O) groups is 1. The highest BCUT2D eigenvalue weighted by molar-refractivity contribution is 6.37. The van der Waals surface area contributed by atoms with E-state index in [9.17, 15) is 4.79 Å². The lowest BCUT2D eigenvalue weighted by Gasteiger charge is -2.16. The first-order valence-electron chi connectivity index (χ1n) is 5.74. The van der Waals surface area contributed by atoms with E-state index in [0.717, 1.165) is 0 Å². The van der Waals surface area contributed by atoms with Crippen LogP contribution in [0.1, 0.15) is 12.8 Å². The zero-order chi connectivity index (χ0) is 14.3. The van der Waals surface area contributed by atoms with E-state index in [1.165, 1.54) is 4.90 Å². The smallest absolute Gasteiger partial charge is 0.225 e. The van der Waals surface area contributed by atoms with Gasteiger partial charge >= 0.3 is 0 Å². The summed E-state index contributed by atoms with van der Waals surface area (Å²) in [7, 11) is 1.65. The zero-order valence-corrected chi connectivity index (χ0v) is 12.0. The molecule has 0 atom stereocenters. The molecule has 0 unspecified atom stereocenters. The number of benzene rings is 1. The molecule has 0 fully saturated rings. The third kappa shape index (κ3) is 4.98. The third-order valence-corrected chi connectivity index (χ3v) is 3.06. The van der Waals surface area contributed by atoms with Crippen LogP contribution in [-0.4, -0.2) is 31.0 Å². The van der Waals surface area contributed by atoms with Crippen molar-refractivity contribution in [1.82, 2.24) is 4.90 Å². The van der Waals surface area contributed by atoms with Crippen LogP contribution in [0.4, 0.5) is 0 Å². The maximum atomic E-state index is 11.7. The molecule has 1 amide bonds. The van der Waals surface area contributed by atoms with E-state index in [0.29, 0.717) is 28.8 Å². The van der Waals surface area contributed by atoms with Crippen molar-refractivity contribution in [3.8, 4) is 11.8 Å². The molecule has 1 aromatic carbocycles. The van der Waals surface area contributed by atoms with Crippen molar-refractivity contribution in [2.75, 3.05) is 20.2 Å². The second kappa shape index (κ2) is 7.88. The zero-order valence-electron chi connectivity index (χ0n) is 10.5. The number of ether oxygens (including phenoxy) is 1. The van der Waals surface area contributed by atoms with Crippen LogP contribution in [0.5, 0.6) is 5.75 Å². The van der Waals surface area contributed by atoms with Gasteiger partial charge in [0.1, 0.15) is 0 Å².